The van der Waals surface area contributed by atoms with Crippen LogP contribution in [-0.4, -0.2) is 28.6 Å². The summed E-state index contributed by atoms with van der Waals surface area (Å²) < 4.78 is 7.85. The van der Waals surface area contributed by atoms with Crippen LogP contribution in [0.3, 0.4) is 0 Å². The van der Waals surface area contributed by atoms with Crippen LogP contribution < -0.4 is 0 Å². The van der Waals surface area contributed by atoms with Gasteiger partial charge in [-0.15, -0.1) is 11.6 Å². The molecular formula is C15H18Cl2N2O. The van der Waals surface area contributed by atoms with Gasteiger partial charge in [0.25, 0.3) is 0 Å². The van der Waals surface area contributed by atoms with Crippen molar-refractivity contribution in [2.24, 2.45) is 5.92 Å². The molecule has 0 aliphatic carbocycles. The molecule has 1 atom stereocenters. The van der Waals surface area contributed by atoms with Crippen molar-refractivity contribution in [3.8, 4) is 0 Å². The number of halogens is 2. The fraction of sp³-hybridized carbons (Fsp3) is 0.533. The minimum absolute atomic E-state index is 0.550. The van der Waals surface area contributed by atoms with Gasteiger partial charge in [-0.2, -0.15) is 0 Å². The number of hydrogen-bond acceptors (Lipinski definition) is 2. The number of rotatable bonds is 4. The molecule has 3 nitrogen and oxygen atoms in total. The Morgan fingerprint density at radius 1 is 1.40 bits per heavy atom. The Bertz CT molecular complexity index is 591. The van der Waals surface area contributed by atoms with Gasteiger partial charge in [-0.3, -0.25) is 0 Å². The Kier molecular flexibility index (Phi) is 4.49. The molecule has 1 saturated heterocycles. The molecule has 0 radical (unpaired) electrons. The summed E-state index contributed by atoms with van der Waals surface area (Å²) in [6, 6.07) is 5.85. The summed E-state index contributed by atoms with van der Waals surface area (Å²) >= 11 is 12.0. The van der Waals surface area contributed by atoms with Gasteiger partial charge >= 0.3 is 0 Å². The van der Waals surface area contributed by atoms with Crippen LogP contribution in [-0.2, 0) is 17.7 Å². The van der Waals surface area contributed by atoms with E-state index in [-0.39, 0.29) is 0 Å². The highest BCUT2D eigenvalue weighted by molar-refractivity contribution is 6.31. The lowest BCUT2D eigenvalue weighted by molar-refractivity contribution is 0.0485. The number of nitrogens with zero attached hydrogens (tertiary/aromatic N) is 2. The molecule has 1 fully saturated rings. The van der Waals surface area contributed by atoms with Crippen molar-refractivity contribution in [1.82, 2.24) is 9.55 Å². The number of fused-ring (bicyclic) bond motifs is 1. The van der Waals surface area contributed by atoms with Crippen LogP contribution in [0.2, 0.25) is 5.02 Å². The Morgan fingerprint density at radius 3 is 3.05 bits per heavy atom. The lowest BCUT2D eigenvalue weighted by Crippen LogP contribution is -2.23. The van der Waals surface area contributed by atoms with Gasteiger partial charge in [-0.05, 0) is 31.0 Å². The minimum Gasteiger partial charge on any atom is -0.381 e. The number of hydrogen-bond donors (Lipinski definition) is 0. The molecule has 1 aromatic carbocycles. The molecule has 1 aliphatic heterocycles. The average Bonchev–Trinajstić information content (AvgIpc) is 2.78. The number of aromatic nitrogens is 2. The first-order valence-corrected chi connectivity index (χ1v) is 7.97. The Balaban J connectivity index is 1.96. The van der Waals surface area contributed by atoms with Gasteiger partial charge in [0.15, 0.2) is 0 Å². The van der Waals surface area contributed by atoms with Gasteiger partial charge in [0.2, 0.25) is 0 Å². The van der Waals surface area contributed by atoms with E-state index >= 15 is 0 Å². The normalized spacial score (nSPS) is 19.6. The van der Waals surface area contributed by atoms with E-state index in [1.807, 2.05) is 18.2 Å². The largest absolute Gasteiger partial charge is 0.381 e. The third kappa shape index (κ3) is 2.95. The maximum absolute atomic E-state index is 6.13. The summed E-state index contributed by atoms with van der Waals surface area (Å²) in [5, 5.41) is 0.746. The summed E-state index contributed by atoms with van der Waals surface area (Å²) in [5.41, 5.74) is 2.09. The van der Waals surface area contributed by atoms with Crippen molar-refractivity contribution in [2.75, 3.05) is 19.1 Å². The van der Waals surface area contributed by atoms with E-state index in [2.05, 4.69) is 9.55 Å². The fourth-order valence-electron chi connectivity index (χ4n) is 2.83. The first-order valence-electron chi connectivity index (χ1n) is 7.06. The average molecular weight is 313 g/mol. The zero-order valence-corrected chi connectivity index (χ0v) is 12.8. The molecule has 2 aromatic rings. The molecule has 108 valence electrons. The van der Waals surface area contributed by atoms with Crippen molar-refractivity contribution in [1.29, 1.82) is 0 Å². The smallest absolute Gasteiger partial charge is 0.111 e. The Morgan fingerprint density at radius 2 is 2.30 bits per heavy atom. The SMILES string of the molecule is ClCCc1nc2ccc(Cl)cc2n1CC1CCCOC1. The maximum atomic E-state index is 6.13. The zero-order chi connectivity index (χ0) is 13.9. The third-order valence-electron chi connectivity index (χ3n) is 3.80. The van der Waals surface area contributed by atoms with E-state index in [0.717, 1.165) is 54.5 Å². The van der Waals surface area contributed by atoms with Crippen LogP contribution in [0.4, 0.5) is 0 Å². The summed E-state index contributed by atoms with van der Waals surface area (Å²) in [6.45, 7) is 2.66. The summed E-state index contributed by atoms with van der Waals surface area (Å²) in [4.78, 5) is 4.69. The monoisotopic (exact) mass is 312 g/mol. The van der Waals surface area contributed by atoms with Gasteiger partial charge in [0, 0.05) is 36.4 Å². The minimum atomic E-state index is 0.550. The van der Waals surface area contributed by atoms with E-state index in [1.165, 1.54) is 6.42 Å². The number of ether oxygens (including phenoxy) is 1. The Labute approximate surface area is 128 Å². The van der Waals surface area contributed by atoms with Crippen molar-refractivity contribution < 1.29 is 4.74 Å². The van der Waals surface area contributed by atoms with Gasteiger partial charge in [-0.1, -0.05) is 11.6 Å². The van der Waals surface area contributed by atoms with Crippen LogP contribution in [0.1, 0.15) is 18.7 Å². The number of alkyl halides is 1. The first-order chi connectivity index (χ1) is 9.78. The molecule has 1 aromatic heterocycles. The zero-order valence-electron chi connectivity index (χ0n) is 11.3. The van der Waals surface area contributed by atoms with Crippen LogP contribution in [0.25, 0.3) is 11.0 Å². The summed E-state index contributed by atoms with van der Waals surface area (Å²) in [5.74, 6) is 2.18. The van der Waals surface area contributed by atoms with E-state index in [4.69, 9.17) is 27.9 Å². The van der Waals surface area contributed by atoms with E-state index in [0.29, 0.717) is 11.8 Å². The number of aryl methyl sites for hydroxylation is 1. The number of benzene rings is 1. The lowest BCUT2D eigenvalue weighted by Gasteiger charge is -2.23. The molecule has 20 heavy (non-hydrogen) atoms. The quantitative estimate of drug-likeness (QED) is 0.801. The van der Waals surface area contributed by atoms with Crippen molar-refractivity contribution >= 4 is 34.2 Å². The van der Waals surface area contributed by atoms with E-state index in [1.54, 1.807) is 0 Å². The fourth-order valence-corrected chi connectivity index (χ4v) is 3.17. The molecule has 0 bridgehead atoms. The van der Waals surface area contributed by atoms with Gasteiger partial charge in [-0.25, -0.2) is 4.98 Å². The second-order valence-electron chi connectivity index (χ2n) is 5.29. The van der Waals surface area contributed by atoms with Crippen molar-refractivity contribution in [3.63, 3.8) is 0 Å². The van der Waals surface area contributed by atoms with Crippen LogP contribution in [0, 0.1) is 5.92 Å². The highest BCUT2D eigenvalue weighted by Gasteiger charge is 2.18. The second kappa shape index (κ2) is 6.33. The Hall–Kier alpha value is -0.770. The van der Waals surface area contributed by atoms with E-state index in [9.17, 15) is 0 Å². The molecule has 1 unspecified atom stereocenters. The summed E-state index contributed by atoms with van der Waals surface area (Å²) in [7, 11) is 0. The molecule has 0 saturated carbocycles. The van der Waals surface area contributed by atoms with Crippen molar-refractivity contribution in [3.05, 3.63) is 29.0 Å². The lowest BCUT2D eigenvalue weighted by atomic mass is 10.0. The second-order valence-corrected chi connectivity index (χ2v) is 6.11. The third-order valence-corrected chi connectivity index (χ3v) is 4.23. The topological polar surface area (TPSA) is 27.1 Å². The molecule has 0 amide bonds. The standard InChI is InChI=1S/C15H18Cl2N2O/c16-6-5-15-18-13-4-3-12(17)8-14(13)19(15)9-11-2-1-7-20-10-11/h3-4,8,11H,1-2,5-7,9-10H2. The molecule has 0 N–H and O–H groups in total. The van der Waals surface area contributed by atoms with Gasteiger partial charge in [0.1, 0.15) is 5.82 Å². The number of imidazole rings is 1. The van der Waals surface area contributed by atoms with Crippen LogP contribution in [0.5, 0.6) is 0 Å². The van der Waals surface area contributed by atoms with Gasteiger partial charge < -0.3 is 9.30 Å². The molecule has 3 rings (SSSR count). The first kappa shape index (κ1) is 14.2. The molecule has 1 aliphatic rings. The summed E-state index contributed by atoms with van der Waals surface area (Å²) in [6.07, 6.45) is 3.13. The van der Waals surface area contributed by atoms with Gasteiger partial charge in [0.05, 0.1) is 17.6 Å². The van der Waals surface area contributed by atoms with E-state index < -0.39 is 0 Å². The highest BCUT2D eigenvalue weighted by Crippen LogP contribution is 2.24. The predicted octanol–water partition coefficient (Wildman–Crippen LogP) is 3.90. The van der Waals surface area contributed by atoms with Crippen LogP contribution in [0.15, 0.2) is 18.2 Å². The highest BCUT2D eigenvalue weighted by atomic mass is 35.5. The van der Waals surface area contributed by atoms with Crippen molar-refractivity contribution in [2.45, 2.75) is 25.8 Å². The molecule has 5 heteroatoms. The molecule has 0 spiro atoms. The maximum Gasteiger partial charge on any atom is 0.111 e. The molecular weight excluding hydrogens is 295 g/mol. The predicted molar refractivity (Wildman–Crippen MR) is 82.7 cm³/mol. The van der Waals surface area contributed by atoms with Crippen LogP contribution >= 0.6 is 23.2 Å². The molecule has 2 heterocycles.